The van der Waals surface area contributed by atoms with Gasteiger partial charge in [-0.1, -0.05) is 11.2 Å². The molecule has 1 aromatic heterocycles. The number of hydrogen-bond acceptors (Lipinski definition) is 4. The summed E-state index contributed by atoms with van der Waals surface area (Å²) < 4.78 is 10.7. The monoisotopic (exact) mass is 258 g/mol. The molecular weight excluding hydrogens is 240 g/mol. The van der Waals surface area contributed by atoms with Crippen LogP contribution < -0.4 is 10.1 Å². The molecule has 0 spiro atoms. The van der Waals surface area contributed by atoms with Crippen molar-refractivity contribution in [2.45, 2.75) is 31.9 Å². The standard InChI is InChI=1S/C15H18N2O2/c1-16-15-4-2-3-11-9-12(5-6-14(11)15)18-10-13-7-8-17-19-13/h5-9,15-16H,2-4,10H2,1H3. The molecule has 100 valence electrons. The van der Waals surface area contributed by atoms with Gasteiger partial charge in [0, 0.05) is 12.1 Å². The summed E-state index contributed by atoms with van der Waals surface area (Å²) in [4.78, 5) is 0. The largest absolute Gasteiger partial charge is 0.486 e. The third-order valence-electron chi connectivity index (χ3n) is 3.65. The predicted octanol–water partition coefficient (Wildman–Crippen LogP) is 2.85. The van der Waals surface area contributed by atoms with Crippen LogP contribution in [0.15, 0.2) is 35.0 Å². The van der Waals surface area contributed by atoms with Crippen molar-refractivity contribution in [2.75, 3.05) is 7.05 Å². The number of fused-ring (bicyclic) bond motifs is 1. The van der Waals surface area contributed by atoms with Crippen molar-refractivity contribution in [3.05, 3.63) is 47.3 Å². The van der Waals surface area contributed by atoms with E-state index in [0.717, 1.165) is 17.9 Å². The number of nitrogens with zero attached hydrogens (tertiary/aromatic N) is 1. The lowest BCUT2D eigenvalue weighted by Crippen LogP contribution is -2.21. The van der Waals surface area contributed by atoms with E-state index in [2.05, 4.69) is 22.6 Å². The molecule has 1 N–H and O–H groups in total. The number of ether oxygens (including phenoxy) is 1. The molecule has 0 fully saturated rings. The summed E-state index contributed by atoms with van der Waals surface area (Å²) >= 11 is 0. The maximum atomic E-state index is 5.73. The van der Waals surface area contributed by atoms with Crippen LogP contribution in [0.25, 0.3) is 0 Å². The second-order valence-electron chi connectivity index (χ2n) is 4.86. The SMILES string of the molecule is CNC1CCCc2cc(OCc3ccno3)ccc21. The van der Waals surface area contributed by atoms with Crippen LogP contribution in [-0.4, -0.2) is 12.2 Å². The minimum absolute atomic E-state index is 0.425. The molecule has 0 bridgehead atoms. The summed E-state index contributed by atoms with van der Waals surface area (Å²) in [5, 5.41) is 7.03. The van der Waals surface area contributed by atoms with Crippen molar-refractivity contribution in [2.24, 2.45) is 0 Å². The third kappa shape index (κ3) is 2.63. The van der Waals surface area contributed by atoms with Gasteiger partial charge >= 0.3 is 0 Å². The second kappa shape index (κ2) is 5.45. The third-order valence-corrected chi connectivity index (χ3v) is 3.65. The van der Waals surface area contributed by atoms with Crippen LogP contribution in [0.5, 0.6) is 5.75 Å². The van der Waals surface area contributed by atoms with Gasteiger partial charge in [-0.3, -0.25) is 0 Å². The zero-order valence-electron chi connectivity index (χ0n) is 11.1. The molecule has 0 aliphatic heterocycles. The Bertz CT molecular complexity index is 537. The molecule has 1 unspecified atom stereocenters. The highest BCUT2D eigenvalue weighted by Crippen LogP contribution is 2.32. The minimum Gasteiger partial charge on any atom is -0.486 e. The van der Waals surface area contributed by atoms with Crippen molar-refractivity contribution in [1.29, 1.82) is 0 Å². The van der Waals surface area contributed by atoms with E-state index < -0.39 is 0 Å². The first-order valence-corrected chi connectivity index (χ1v) is 6.69. The maximum absolute atomic E-state index is 5.73. The highest BCUT2D eigenvalue weighted by atomic mass is 16.5. The summed E-state index contributed by atoms with van der Waals surface area (Å²) in [7, 11) is 2.02. The summed E-state index contributed by atoms with van der Waals surface area (Å²) in [6, 6.07) is 8.65. The van der Waals surface area contributed by atoms with Crippen LogP contribution in [0.2, 0.25) is 0 Å². The Morgan fingerprint density at radius 3 is 3.16 bits per heavy atom. The first-order valence-electron chi connectivity index (χ1n) is 6.69. The highest BCUT2D eigenvalue weighted by Gasteiger charge is 2.18. The van der Waals surface area contributed by atoms with Gasteiger partial charge < -0.3 is 14.6 Å². The van der Waals surface area contributed by atoms with Gasteiger partial charge in [0.05, 0.1) is 6.20 Å². The van der Waals surface area contributed by atoms with Gasteiger partial charge in [-0.25, -0.2) is 0 Å². The quantitative estimate of drug-likeness (QED) is 0.916. The fraction of sp³-hybridized carbons (Fsp3) is 0.400. The Kier molecular flexibility index (Phi) is 3.51. The summed E-state index contributed by atoms with van der Waals surface area (Å²) in [6.07, 6.45) is 5.20. The van der Waals surface area contributed by atoms with Crippen molar-refractivity contribution >= 4 is 0 Å². The Hall–Kier alpha value is -1.81. The van der Waals surface area contributed by atoms with E-state index >= 15 is 0 Å². The molecule has 3 rings (SSSR count). The van der Waals surface area contributed by atoms with Crippen LogP contribution >= 0.6 is 0 Å². The maximum Gasteiger partial charge on any atom is 0.174 e. The number of aryl methyl sites for hydroxylation is 1. The summed E-state index contributed by atoms with van der Waals surface area (Å²) in [6.45, 7) is 0.425. The van der Waals surface area contributed by atoms with Crippen LogP contribution in [0.1, 0.15) is 35.8 Å². The van der Waals surface area contributed by atoms with Gasteiger partial charge in [0.25, 0.3) is 0 Å². The number of hydrogen-bond donors (Lipinski definition) is 1. The van der Waals surface area contributed by atoms with Crippen molar-refractivity contribution in [3.8, 4) is 5.75 Å². The molecule has 1 heterocycles. The smallest absolute Gasteiger partial charge is 0.174 e. The molecular formula is C15H18N2O2. The van der Waals surface area contributed by atoms with E-state index in [-0.39, 0.29) is 0 Å². The molecule has 0 saturated carbocycles. The van der Waals surface area contributed by atoms with Gasteiger partial charge in [0.1, 0.15) is 12.4 Å². The number of nitrogens with one attached hydrogen (secondary N) is 1. The average Bonchev–Trinajstić information content (AvgIpc) is 2.97. The first-order chi connectivity index (χ1) is 9.36. The van der Waals surface area contributed by atoms with E-state index in [1.165, 1.54) is 24.0 Å². The normalized spacial score (nSPS) is 18.1. The topological polar surface area (TPSA) is 47.3 Å². The van der Waals surface area contributed by atoms with Gasteiger partial charge in [-0.05, 0) is 49.6 Å². The van der Waals surface area contributed by atoms with Gasteiger partial charge in [0.2, 0.25) is 0 Å². The minimum atomic E-state index is 0.425. The fourth-order valence-corrected chi connectivity index (χ4v) is 2.65. The predicted molar refractivity (Wildman–Crippen MR) is 72.0 cm³/mol. The van der Waals surface area contributed by atoms with Crippen molar-refractivity contribution in [1.82, 2.24) is 10.5 Å². The molecule has 0 saturated heterocycles. The number of rotatable bonds is 4. The van der Waals surface area contributed by atoms with Crippen LogP contribution in [0.3, 0.4) is 0 Å². The van der Waals surface area contributed by atoms with Gasteiger partial charge in [-0.2, -0.15) is 0 Å². The van der Waals surface area contributed by atoms with E-state index in [9.17, 15) is 0 Å². The van der Waals surface area contributed by atoms with E-state index in [4.69, 9.17) is 9.26 Å². The Morgan fingerprint density at radius 1 is 1.42 bits per heavy atom. The Labute approximate surface area is 112 Å². The van der Waals surface area contributed by atoms with E-state index in [0.29, 0.717) is 12.6 Å². The van der Waals surface area contributed by atoms with Crippen LogP contribution in [0.4, 0.5) is 0 Å². The molecule has 1 aliphatic carbocycles. The zero-order chi connectivity index (χ0) is 13.1. The molecule has 2 aromatic rings. The average molecular weight is 258 g/mol. The highest BCUT2D eigenvalue weighted by molar-refractivity contribution is 5.39. The molecule has 1 aliphatic rings. The van der Waals surface area contributed by atoms with E-state index in [1.807, 2.05) is 19.2 Å². The molecule has 4 heteroatoms. The van der Waals surface area contributed by atoms with Crippen LogP contribution in [0, 0.1) is 0 Å². The summed E-state index contributed by atoms with van der Waals surface area (Å²) in [5.41, 5.74) is 2.79. The number of aromatic nitrogens is 1. The molecule has 4 nitrogen and oxygen atoms in total. The van der Waals surface area contributed by atoms with Gasteiger partial charge in [-0.15, -0.1) is 0 Å². The van der Waals surface area contributed by atoms with Crippen LogP contribution in [-0.2, 0) is 13.0 Å². The zero-order valence-corrected chi connectivity index (χ0v) is 11.1. The first kappa shape index (κ1) is 12.2. The van der Waals surface area contributed by atoms with Crippen molar-refractivity contribution < 1.29 is 9.26 Å². The molecule has 1 aromatic carbocycles. The lowest BCUT2D eigenvalue weighted by atomic mass is 9.87. The number of benzene rings is 1. The fourth-order valence-electron chi connectivity index (χ4n) is 2.65. The molecule has 0 radical (unpaired) electrons. The van der Waals surface area contributed by atoms with E-state index in [1.54, 1.807) is 6.20 Å². The van der Waals surface area contributed by atoms with Crippen molar-refractivity contribution in [3.63, 3.8) is 0 Å². The summed E-state index contributed by atoms with van der Waals surface area (Å²) in [5.74, 6) is 1.64. The second-order valence-corrected chi connectivity index (χ2v) is 4.86. The lowest BCUT2D eigenvalue weighted by molar-refractivity contribution is 0.249. The molecule has 19 heavy (non-hydrogen) atoms. The molecule has 0 amide bonds. The lowest BCUT2D eigenvalue weighted by Gasteiger charge is -2.25. The van der Waals surface area contributed by atoms with Gasteiger partial charge in [0.15, 0.2) is 5.76 Å². The molecule has 1 atom stereocenters. The Morgan fingerprint density at radius 2 is 2.37 bits per heavy atom. The Balaban J connectivity index is 1.74.